The third kappa shape index (κ3) is 6.36. The Hall–Kier alpha value is -5.00. The largest absolute Gasteiger partial charge is 0.454 e. The number of morpholine rings is 1. The molecule has 2 aliphatic heterocycles. The van der Waals surface area contributed by atoms with Crippen molar-refractivity contribution in [3.05, 3.63) is 71.8 Å². The van der Waals surface area contributed by atoms with E-state index >= 15 is 4.39 Å². The molecule has 2 fully saturated rings. The first-order valence-electron chi connectivity index (χ1n) is 15.2. The number of aromatic nitrogens is 4. The van der Waals surface area contributed by atoms with Gasteiger partial charge in [-0.15, -0.1) is 0 Å². The molecule has 0 aliphatic carbocycles. The number of halogens is 3. The van der Waals surface area contributed by atoms with Crippen LogP contribution in [0, 0.1) is 28.8 Å². The molecule has 2 aromatic carbocycles. The molecule has 4 aromatic rings. The lowest BCUT2D eigenvalue weighted by Gasteiger charge is -2.39. The summed E-state index contributed by atoms with van der Waals surface area (Å²) in [6, 6.07) is 9.09. The third-order valence-corrected chi connectivity index (χ3v) is 8.59. The summed E-state index contributed by atoms with van der Waals surface area (Å²) >= 11 is 0. The Morgan fingerprint density at radius 1 is 1.15 bits per heavy atom. The van der Waals surface area contributed by atoms with Crippen molar-refractivity contribution < 1.29 is 27.4 Å². The predicted octanol–water partition coefficient (Wildman–Crippen LogP) is 4.84. The number of nitrogens with two attached hydrogens (primary N) is 1. The first-order chi connectivity index (χ1) is 22.6. The Balaban J connectivity index is 1.28. The lowest BCUT2D eigenvalue weighted by atomic mass is 9.97. The van der Waals surface area contributed by atoms with Crippen LogP contribution in [0.2, 0.25) is 0 Å². The van der Waals surface area contributed by atoms with Crippen LogP contribution >= 0.6 is 0 Å². The van der Waals surface area contributed by atoms with Gasteiger partial charge in [-0.05, 0) is 57.0 Å². The number of anilines is 1. The van der Waals surface area contributed by atoms with E-state index in [2.05, 4.69) is 26.0 Å². The van der Waals surface area contributed by atoms with Gasteiger partial charge in [-0.2, -0.15) is 14.8 Å². The zero-order chi connectivity index (χ0) is 33.3. The standard InChI is InChI=1S/C33H33F3N8O3/c1-33(2,42-11-13-46-14-12-42)16-20(17-37)32(45)43-10-4-5-21(43)18-44-31-27(30(38)39-19-40-31)29(41-44)23-9-8-22(15-25(23)35)47-26-7-3-6-24(34)28(26)36/h3,6-9,15-16,19,21H,4-5,10-14,18H2,1-2H3,(H2,38,39,40)/b20-16-/t21-/m1/s1. The number of carbonyl (C=O) groups excluding carboxylic acids is 1. The van der Waals surface area contributed by atoms with Crippen LogP contribution in [0.4, 0.5) is 19.0 Å². The Labute approximate surface area is 269 Å². The Morgan fingerprint density at radius 2 is 1.94 bits per heavy atom. The molecule has 0 radical (unpaired) electrons. The average molecular weight is 647 g/mol. The van der Waals surface area contributed by atoms with Gasteiger partial charge >= 0.3 is 0 Å². The van der Waals surface area contributed by atoms with Crippen LogP contribution in [0.5, 0.6) is 11.5 Å². The number of ether oxygens (including phenoxy) is 2. The van der Waals surface area contributed by atoms with E-state index in [1.54, 1.807) is 15.7 Å². The summed E-state index contributed by atoms with van der Waals surface area (Å²) in [7, 11) is 0. The maximum Gasteiger partial charge on any atom is 0.264 e. The quantitative estimate of drug-likeness (QED) is 0.211. The number of carbonyl (C=O) groups is 1. The number of likely N-dealkylation sites (tertiary alicyclic amines) is 1. The van der Waals surface area contributed by atoms with E-state index in [0.717, 1.165) is 18.6 Å². The molecule has 14 heteroatoms. The lowest BCUT2D eigenvalue weighted by Crippen LogP contribution is -2.49. The molecule has 1 atom stereocenters. The highest BCUT2D eigenvalue weighted by molar-refractivity contribution is 5.99. The zero-order valence-electron chi connectivity index (χ0n) is 25.9. The van der Waals surface area contributed by atoms with Crippen LogP contribution in [0.15, 0.2) is 54.4 Å². The fourth-order valence-electron chi connectivity index (χ4n) is 6.16. The van der Waals surface area contributed by atoms with Gasteiger partial charge in [0.25, 0.3) is 5.91 Å². The van der Waals surface area contributed by atoms with Gasteiger partial charge in [0.1, 0.15) is 41.0 Å². The van der Waals surface area contributed by atoms with E-state index < -0.39 is 23.0 Å². The third-order valence-electron chi connectivity index (χ3n) is 8.59. The average Bonchev–Trinajstić information content (AvgIpc) is 3.68. The van der Waals surface area contributed by atoms with Crippen LogP contribution in [-0.2, 0) is 16.1 Å². The second-order valence-corrected chi connectivity index (χ2v) is 12.0. The molecule has 0 spiro atoms. The summed E-state index contributed by atoms with van der Waals surface area (Å²) in [5.74, 6) is -3.76. The minimum atomic E-state index is -1.19. The Kier molecular flexibility index (Phi) is 8.85. The van der Waals surface area contributed by atoms with Crippen LogP contribution < -0.4 is 10.5 Å². The van der Waals surface area contributed by atoms with Gasteiger partial charge in [-0.1, -0.05) is 6.07 Å². The SMILES string of the molecule is CC(C)(/C=C(/C#N)C(=O)N1CCC[C@@H]1Cn1nc(-c2ccc(Oc3cccc(F)c3F)cc2F)c2c(N)ncnc21)N1CCOCC1. The number of nitriles is 1. The summed E-state index contributed by atoms with van der Waals surface area (Å²) in [4.78, 5) is 26.1. The van der Waals surface area contributed by atoms with E-state index in [9.17, 15) is 18.8 Å². The zero-order valence-corrected chi connectivity index (χ0v) is 25.9. The van der Waals surface area contributed by atoms with Crippen molar-refractivity contribution in [2.75, 3.05) is 38.6 Å². The molecule has 244 valence electrons. The fourth-order valence-corrected chi connectivity index (χ4v) is 6.16. The second-order valence-electron chi connectivity index (χ2n) is 12.0. The molecule has 4 heterocycles. The molecule has 6 rings (SSSR count). The summed E-state index contributed by atoms with van der Waals surface area (Å²) in [6.07, 6.45) is 4.39. The number of nitrogens with zero attached hydrogens (tertiary/aromatic N) is 7. The van der Waals surface area contributed by atoms with Crippen LogP contribution in [-0.4, -0.2) is 79.9 Å². The highest BCUT2D eigenvalue weighted by Crippen LogP contribution is 2.35. The summed E-state index contributed by atoms with van der Waals surface area (Å²) < 4.78 is 55.8. The molecule has 0 bridgehead atoms. The van der Waals surface area contributed by atoms with Crippen LogP contribution in [0.1, 0.15) is 26.7 Å². The molecule has 1 amide bonds. The highest BCUT2D eigenvalue weighted by atomic mass is 19.2. The van der Waals surface area contributed by atoms with E-state index in [1.807, 2.05) is 13.8 Å². The van der Waals surface area contributed by atoms with E-state index in [-0.39, 0.29) is 52.6 Å². The molecule has 2 saturated heterocycles. The Morgan fingerprint density at radius 3 is 2.68 bits per heavy atom. The molecule has 11 nitrogen and oxygen atoms in total. The van der Waals surface area contributed by atoms with Gasteiger partial charge in [0.05, 0.1) is 31.2 Å². The molecule has 0 unspecified atom stereocenters. The summed E-state index contributed by atoms with van der Waals surface area (Å²) in [5, 5.41) is 15.0. The molecule has 0 saturated carbocycles. The van der Waals surface area contributed by atoms with Crippen molar-refractivity contribution in [1.82, 2.24) is 29.5 Å². The number of benzene rings is 2. The van der Waals surface area contributed by atoms with Crippen molar-refractivity contribution in [3.63, 3.8) is 0 Å². The fraction of sp³-hybridized carbons (Fsp3) is 0.364. The summed E-state index contributed by atoms with van der Waals surface area (Å²) in [5.41, 5.74) is 6.34. The first-order valence-corrected chi connectivity index (χ1v) is 15.2. The number of hydrogen-bond acceptors (Lipinski definition) is 9. The summed E-state index contributed by atoms with van der Waals surface area (Å²) in [6.45, 7) is 7.21. The topological polar surface area (TPSA) is 135 Å². The monoisotopic (exact) mass is 646 g/mol. The number of amides is 1. The van der Waals surface area contributed by atoms with Crippen LogP contribution in [0.25, 0.3) is 22.3 Å². The van der Waals surface area contributed by atoms with Crippen molar-refractivity contribution in [2.24, 2.45) is 0 Å². The maximum absolute atomic E-state index is 15.6. The first kappa shape index (κ1) is 32.0. The van der Waals surface area contributed by atoms with Crippen molar-refractivity contribution in [2.45, 2.75) is 44.8 Å². The van der Waals surface area contributed by atoms with Crippen molar-refractivity contribution in [3.8, 4) is 28.8 Å². The molecular formula is C33H33F3N8O3. The molecule has 47 heavy (non-hydrogen) atoms. The van der Waals surface area contributed by atoms with Gasteiger partial charge in [-0.3, -0.25) is 9.69 Å². The molecular weight excluding hydrogens is 613 g/mol. The number of nitrogen functional groups attached to an aromatic ring is 1. The minimum Gasteiger partial charge on any atom is -0.454 e. The highest BCUT2D eigenvalue weighted by Gasteiger charge is 2.34. The number of hydrogen-bond donors (Lipinski definition) is 1. The maximum atomic E-state index is 15.6. The van der Waals surface area contributed by atoms with Gasteiger partial charge < -0.3 is 20.1 Å². The lowest BCUT2D eigenvalue weighted by molar-refractivity contribution is -0.127. The Bertz CT molecular complexity index is 1900. The van der Waals surface area contributed by atoms with Crippen LogP contribution in [0.3, 0.4) is 0 Å². The van der Waals surface area contributed by atoms with Crippen molar-refractivity contribution in [1.29, 1.82) is 5.26 Å². The smallest absolute Gasteiger partial charge is 0.264 e. The van der Waals surface area contributed by atoms with E-state index in [1.165, 1.54) is 30.6 Å². The normalized spacial score (nSPS) is 17.7. The predicted molar refractivity (Wildman–Crippen MR) is 166 cm³/mol. The second kappa shape index (κ2) is 13.0. The molecule has 2 aromatic heterocycles. The minimum absolute atomic E-state index is 0.0537. The van der Waals surface area contributed by atoms with E-state index in [4.69, 9.17) is 15.2 Å². The van der Waals surface area contributed by atoms with Gasteiger partial charge in [0, 0.05) is 36.8 Å². The van der Waals surface area contributed by atoms with Crippen molar-refractivity contribution >= 4 is 22.8 Å². The van der Waals surface area contributed by atoms with E-state index in [0.29, 0.717) is 50.3 Å². The van der Waals surface area contributed by atoms with Gasteiger partial charge in [-0.25, -0.2) is 23.4 Å². The number of fused-ring (bicyclic) bond motifs is 1. The van der Waals surface area contributed by atoms with Gasteiger partial charge in [0.15, 0.2) is 17.2 Å². The van der Waals surface area contributed by atoms with Gasteiger partial charge in [0.2, 0.25) is 5.82 Å². The molecule has 2 aliphatic rings. The molecule has 2 N–H and O–H groups in total. The number of rotatable bonds is 8.